The van der Waals surface area contributed by atoms with Gasteiger partial charge >= 0.3 is 12.2 Å². The maximum atomic E-state index is 12.6. The van der Waals surface area contributed by atoms with Crippen LogP contribution in [0.5, 0.6) is 0 Å². The van der Waals surface area contributed by atoms with Gasteiger partial charge in [0, 0.05) is 18.6 Å². The first-order valence-electron chi connectivity index (χ1n) is 10.3. The third-order valence-corrected chi connectivity index (χ3v) is 5.42. The molecule has 2 fully saturated rings. The van der Waals surface area contributed by atoms with Crippen molar-refractivity contribution in [3.05, 3.63) is 35.9 Å². The van der Waals surface area contributed by atoms with Gasteiger partial charge in [-0.2, -0.15) is 0 Å². The summed E-state index contributed by atoms with van der Waals surface area (Å²) in [5.41, 5.74) is 0.490. The monoisotopic (exact) mass is 388 g/mol. The van der Waals surface area contributed by atoms with Gasteiger partial charge in [-0.3, -0.25) is 0 Å². The number of amides is 2. The van der Waals surface area contributed by atoms with E-state index in [-0.39, 0.29) is 30.9 Å². The molecule has 2 bridgehead atoms. The van der Waals surface area contributed by atoms with Gasteiger partial charge in [-0.05, 0) is 64.4 Å². The lowest BCUT2D eigenvalue weighted by Gasteiger charge is -2.48. The Morgan fingerprint density at radius 1 is 1.11 bits per heavy atom. The lowest BCUT2D eigenvalue weighted by atomic mass is 9.78. The highest BCUT2D eigenvalue weighted by molar-refractivity contribution is 5.69. The van der Waals surface area contributed by atoms with Crippen LogP contribution < -0.4 is 5.32 Å². The molecule has 2 aliphatic heterocycles. The van der Waals surface area contributed by atoms with Gasteiger partial charge in [0.05, 0.1) is 0 Å². The first-order chi connectivity index (χ1) is 13.3. The molecule has 0 radical (unpaired) electrons. The SMILES string of the molecule is CC(C)(C)OC(=O)N1C2CCCC1CC(CNC(=O)OCc1ccccc1)C2. The van der Waals surface area contributed by atoms with Crippen molar-refractivity contribution in [3.63, 3.8) is 0 Å². The molecule has 2 heterocycles. The van der Waals surface area contributed by atoms with E-state index in [1.54, 1.807) is 0 Å². The van der Waals surface area contributed by atoms with Gasteiger partial charge in [-0.25, -0.2) is 9.59 Å². The van der Waals surface area contributed by atoms with Gasteiger partial charge in [0.2, 0.25) is 0 Å². The number of hydrogen-bond acceptors (Lipinski definition) is 4. The van der Waals surface area contributed by atoms with Crippen LogP contribution in [0, 0.1) is 5.92 Å². The van der Waals surface area contributed by atoms with E-state index in [9.17, 15) is 9.59 Å². The average molecular weight is 389 g/mol. The third-order valence-electron chi connectivity index (χ3n) is 5.42. The Labute approximate surface area is 167 Å². The van der Waals surface area contributed by atoms with Crippen molar-refractivity contribution in [1.29, 1.82) is 0 Å². The number of rotatable bonds is 4. The Balaban J connectivity index is 1.47. The summed E-state index contributed by atoms with van der Waals surface area (Å²) in [4.78, 5) is 26.6. The number of carbonyl (C=O) groups excluding carboxylic acids is 2. The highest BCUT2D eigenvalue weighted by Gasteiger charge is 2.42. The number of ether oxygens (including phenoxy) is 2. The van der Waals surface area contributed by atoms with E-state index >= 15 is 0 Å². The smallest absolute Gasteiger partial charge is 0.410 e. The minimum atomic E-state index is -0.480. The summed E-state index contributed by atoms with van der Waals surface area (Å²) < 4.78 is 10.9. The molecule has 0 aromatic heterocycles. The number of benzene rings is 1. The molecule has 1 aromatic carbocycles. The van der Waals surface area contributed by atoms with E-state index in [1.807, 2.05) is 56.0 Å². The zero-order valence-corrected chi connectivity index (χ0v) is 17.1. The Morgan fingerprint density at radius 2 is 1.75 bits per heavy atom. The molecule has 1 N–H and O–H groups in total. The van der Waals surface area contributed by atoms with Crippen LogP contribution in [-0.4, -0.2) is 41.3 Å². The maximum absolute atomic E-state index is 12.6. The molecule has 1 aromatic rings. The van der Waals surface area contributed by atoms with Crippen LogP contribution in [0.2, 0.25) is 0 Å². The topological polar surface area (TPSA) is 67.9 Å². The van der Waals surface area contributed by atoms with E-state index in [0.717, 1.165) is 37.7 Å². The fraction of sp³-hybridized carbons (Fsp3) is 0.636. The fourth-order valence-corrected chi connectivity index (χ4v) is 4.28. The largest absolute Gasteiger partial charge is 0.445 e. The van der Waals surface area contributed by atoms with E-state index in [2.05, 4.69) is 5.32 Å². The fourth-order valence-electron chi connectivity index (χ4n) is 4.28. The Bertz CT molecular complexity index is 657. The summed E-state index contributed by atoms with van der Waals surface area (Å²) in [7, 11) is 0. The van der Waals surface area contributed by atoms with Crippen molar-refractivity contribution < 1.29 is 19.1 Å². The first kappa shape index (κ1) is 20.5. The van der Waals surface area contributed by atoms with Crippen LogP contribution in [0.15, 0.2) is 30.3 Å². The van der Waals surface area contributed by atoms with E-state index in [4.69, 9.17) is 9.47 Å². The van der Waals surface area contributed by atoms with Gasteiger partial charge < -0.3 is 19.7 Å². The van der Waals surface area contributed by atoms with Gasteiger partial charge in [-0.1, -0.05) is 30.3 Å². The molecular weight excluding hydrogens is 356 g/mol. The summed E-state index contributed by atoms with van der Waals surface area (Å²) in [6.45, 7) is 6.56. The molecule has 0 spiro atoms. The molecule has 0 aliphatic carbocycles. The predicted octanol–water partition coefficient (Wildman–Crippen LogP) is 4.48. The third kappa shape index (κ3) is 5.63. The summed E-state index contributed by atoms with van der Waals surface area (Å²) >= 11 is 0. The Kier molecular flexibility index (Phi) is 6.47. The molecule has 2 atom stereocenters. The molecular formula is C22H32N2O4. The molecule has 28 heavy (non-hydrogen) atoms. The van der Waals surface area contributed by atoms with Crippen molar-refractivity contribution in [1.82, 2.24) is 10.2 Å². The van der Waals surface area contributed by atoms with Gasteiger partial charge in [0.15, 0.2) is 0 Å². The molecule has 0 saturated carbocycles. The van der Waals surface area contributed by atoms with Crippen molar-refractivity contribution in [2.75, 3.05) is 6.54 Å². The quantitative estimate of drug-likeness (QED) is 0.826. The van der Waals surface area contributed by atoms with Gasteiger partial charge in [0.1, 0.15) is 12.2 Å². The molecule has 2 saturated heterocycles. The van der Waals surface area contributed by atoms with E-state index in [1.165, 1.54) is 0 Å². The lowest BCUT2D eigenvalue weighted by molar-refractivity contribution is -0.0279. The second-order valence-corrected chi connectivity index (χ2v) is 8.91. The molecule has 2 unspecified atom stereocenters. The lowest BCUT2D eigenvalue weighted by Crippen LogP contribution is -2.56. The van der Waals surface area contributed by atoms with E-state index < -0.39 is 5.60 Å². The minimum absolute atomic E-state index is 0.198. The normalized spacial score (nSPS) is 24.4. The molecule has 2 amide bonds. The van der Waals surface area contributed by atoms with Crippen LogP contribution >= 0.6 is 0 Å². The summed E-state index contributed by atoms with van der Waals surface area (Å²) in [6.07, 6.45) is 4.37. The summed E-state index contributed by atoms with van der Waals surface area (Å²) in [6, 6.07) is 10.1. The minimum Gasteiger partial charge on any atom is -0.445 e. The Hall–Kier alpha value is -2.24. The van der Waals surface area contributed by atoms with Gasteiger partial charge in [-0.15, -0.1) is 0 Å². The second kappa shape index (κ2) is 8.84. The number of nitrogens with one attached hydrogen (secondary N) is 1. The van der Waals surface area contributed by atoms with E-state index in [0.29, 0.717) is 12.5 Å². The van der Waals surface area contributed by atoms with Crippen molar-refractivity contribution in [3.8, 4) is 0 Å². The van der Waals surface area contributed by atoms with Gasteiger partial charge in [0.25, 0.3) is 0 Å². The standard InChI is InChI=1S/C22H32N2O4/c1-22(2,3)28-21(26)24-18-10-7-11-19(24)13-17(12-18)14-23-20(25)27-15-16-8-5-4-6-9-16/h4-6,8-9,17-19H,7,10-15H2,1-3H3,(H,23,25). The number of hydrogen-bond donors (Lipinski definition) is 1. The van der Waals surface area contributed by atoms with Crippen molar-refractivity contribution in [2.45, 2.75) is 77.2 Å². The van der Waals surface area contributed by atoms with Crippen LogP contribution in [0.4, 0.5) is 9.59 Å². The van der Waals surface area contributed by atoms with Crippen molar-refractivity contribution in [2.24, 2.45) is 5.92 Å². The van der Waals surface area contributed by atoms with Crippen LogP contribution in [0.25, 0.3) is 0 Å². The Morgan fingerprint density at radius 3 is 2.36 bits per heavy atom. The number of piperidine rings is 2. The highest BCUT2D eigenvalue weighted by atomic mass is 16.6. The summed E-state index contributed by atoms with van der Waals surface area (Å²) in [5.74, 6) is 0.360. The molecule has 2 aliphatic rings. The maximum Gasteiger partial charge on any atom is 0.410 e. The van der Waals surface area contributed by atoms with Crippen molar-refractivity contribution >= 4 is 12.2 Å². The number of fused-ring (bicyclic) bond motifs is 2. The van der Waals surface area contributed by atoms with Crippen LogP contribution in [-0.2, 0) is 16.1 Å². The molecule has 6 nitrogen and oxygen atoms in total. The average Bonchev–Trinajstić information content (AvgIpc) is 2.63. The first-order valence-corrected chi connectivity index (χ1v) is 10.3. The number of carbonyl (C=O) groups is 2. The second-order valence-electron chi connectivity index (χ2n) is 8.91. The molecule has 154 valence electrons. The highest BCUT2D eigenvalue weighted by Crippen LogP contribution is 2.37. The zero-order chi connectivity index (χ0) is 20.1. The number of nitrogens with zero attached hydrogens (tertiary/aromatic N) is 1. The molecule has 6 heteroatoms. The zero-order valence-electron chi connectivity index (χ0n) is 17.1. The molecule has 3 rings (SSSR count). The van der Waals surface area contributed by atoms with Crippen LogP contribution in [0.1, 0.15) is 58.4 Å². The number of alkyl carbamates (subject to hydrolysis) is 1. The van der Waals surface area contributed by atoms with Crippen LogP contribution in [0.3, 0.4) is 0 Å². The predicted molar refractivity (Wildman–Crippen MR) is 107 cm³/mol. The summed E-state index contributed by atoms with van der Waals surface area (Å²) in [5, 5.41) is 2.90.